The highest BCUT2D eigenvalue weighted by Crippen LogP contribution is 2.44. The number of aryl methyl sites for hydroxylation is 1. The molecule has 35 heavy (non-hydrogen) atoms. The first-order valence-electron chi connectivity index (χ1n) is 11.0. The molecule has 1 atom stereocenters. The van der Waals surface area contributed by atoms with Gasteiger partial charge in [0.15, 0.2) is 5.13 Å². The van der Waals surface area contributed by atoms with Crippen LogP contribution in [0.15, 0.2) is 72.3 Å². The molecule has 1 aliphatic heterocycles. The number of Topliss-reactive ketones (excluding diaryl/α,β-unsaturated/α-hetero) is 1. The fourth-order valence-corrected chi connectivity index (χ4v) is 5.36. The van der Waals surface area contributed by atoms with Gasteiger partial charge in [-0.05, 0) is 73.5 Å². The second-order valence-corrected chi connectivity index (χ2v) is 9.59. The van der Waals surface area contributed by atoms with E-state index in [1.165, 1.54) is 16.2 Å². The van der Waals surface area contributed by atoms with Crippen molar-refractivity contribution in [1.29, 1.82) is 0 Å². The minimum atomic E-state index is -0.861. The lowest BCUT2D eigenvalue weighted by molar-refractivity contribution is -0.132. The number of nitrogens with zero attached hydrogens (tertiary/aromatic N) is 2. The van der Waals surface area contributed by atoms with Crippen LogP contribution in [0.5, 0.6) is 5.75 Å². The van der Waals surface area contributed by atoms with Gasteiger partial charge in [-0.25, -0.2) is 4.98 Å². The summed E-state index contributed by atoms with van der Waals surface area (Å²) in [5.74, 6) is -1.13. The maximum atomic E-state index is 13.3. The Kier molecular flexibility index (Phi) is 6.05. The third-order valence-corrected chi connectivity index (χ3v) is 7.08. The molecule has 2 heterocycles. The van der Waals surface area contributed by atoms with Gasteiger partial charge in [0.05, 0.1) is 28.4 Å². The van der Waals surface area contributed by atoms with Crippen molar-refractivity contribution in [2.75, 3.05) is 11.5 Å². The summed E-state index contributed by atoms with van der Waals surface area (Å²) >= 11 is 7.43. The molecule has 0 bridgehead atoms. The molecule has 176 valence electrons. The van der Waals surface area contributed by atoms with Crippen molar-refractivity contribution in [2.45, 2.75) is 19.9 Å². The number of hydrogen-bond acceptors (Lipinski definition) is 6. The number of benzene rings is 3. The first-order chi connectivity index (χ1) is 16.9. The number of aliphatic hydroxyl groups excluding tert-OH is 1. The zero-order valence-corrected chi connectivity index (χ0v) is 20.6. The van der Waals surface area contributed by atoms with Gasteiger partial charge < -0.3 is 9.84 Å². The lowest BCUT2D eigenvalue weighted by atomic mass is 9.95. The number of hydrogen-bond donors (Lipinski definition) is 1. The second-order valence-electron chi connectivity index (χ2n) is 8.15. The Morgan fingerprint density at radius 1 is 1.09 bits per heavy atom. The highest BCUT2D eigenvalue weighted by molar-refractivity contribution is 7.22. The number of carbonyl (C=O) groups is 2. The third kappa shape index (κ3) is 4.17. The SMILES string of the molecule is CCOc1ccc(C(O)=C2C(=O)C(=O)N(c3nc4ccc(C)cc4s3)C2c2ccc(Cl)cc2)cc1. The summed E-state index contributed by atoms with van der Waals surface area (Å²) in [4.78, 5) is 32.7. The average Bonchev–Trinajstić information content (AvgIpc) is 3.37. The molecule has 1 unspecified atom stereocenters. The molecule has 0 aliphatic carbocycles. The van der Waals surface area contributed by atoms with Crippen LogP contribution in [0.25, 0.3) is 16.0 Å². The smallest absolute Gasteiger partial charge is 0.301 e. The summed E-state index contributed by atoms with van der Waals surface area (Å²) in [7, 11) is 0. The highest BCUT2D eigenvalue weighted by Gasteiger charge is 2.48. The molecule has 0 radical (unpaired) electrons. The molecular formula is C27H21ClN2O4S. The molecule has 8 heteroatoms. The molecule has 1 N–H and O–H groups in total. The molecule has 6 nitrogen and oxygen atoms in total. The quantitative estimate of drug-likeness (QED) is 0.196. The van der Waals surface area contributed by atoms with Crippen LogP contribution in [0.2, 0.25) is 5.02 Å². The third-order valence-electron chi connectivity index (χ3n) is 5.81. The Hall–Kier alpha value is -3.68. The van der Waals surface area contributed by atoms with E-state index in [0.29, 0.717) is 33.6 Å². The highest BCUT2D eigenvalue weighted by atomic mass is 35.5. The van der Waals surface area contributed by atoms with Crippen molar-refractivity contribution in [3.8, 4) is 5.75 Å². The van der Waals surface area contributed by atoms with E-state index in [9.17, 15) is 14.7 Å². The number of ether oxygens (including phenoxy) is 1. The van der Waals surface area contributed by atoms with Gasteiger partial charge in [0.25, 0.3) is 5.78 Å². The van der Waals surface area contributed by atoms with Crippen LogP contribution < -0.4 is 9.64 Å². The van der Waals surface area contributed by atoms with Crippen LogP contribution in [0.1, 0.15) is 29.7 Å². The topological polar surface area (TPSA) is 79.7 Å². The van der Waals surface area contributed by atoms with Gasteiger partial charge in [-0.1, -0.05) is 41.1 Å². The maximum absolute atomic E-state index is 13.3. The van der Waals surface area contributed by atoms with E-state index in [4.69, 9.17) is 16.3 Å². The van der Waals surface area contributed by atoms with E-state index in [-0.39, 0.29) is 11.3 Å². The predicted molar refractivity (Wildman–Crippen MR) is 138 cm³/mol. The summed E-state index contributed by atoms with van der Waals surface area (Å²) in [5, 5.41) is 12.2. The number of amides is 1. The second kappa shape index (κ2) is 9.17. The molecule has 3 aromatic carbocycles. The first kappa shape index (κ1) is 23.1. The molecule has 0 spiro atoms. The number of ketones is 1. The van der Waals surface area contributed by atoms with E-state index < -0.39 is 17.7 Å². The van der Waals surface area contributed by atoms with E-state index >= 15 is 0 Å². The van der Waals surface area contributed by atoms with Crippen LogP contribution in [-0.2, 0) is 9.59 Å². The van der Waals surface area contributed by atoms with Crippen LogP contribution in [0.3, 0.4) is 0 Å². The van der Waals surface area contributed by atoms with Crippen LogP contribution >= 0.6 is 22.9 Å². The summed E-state index contributed by atoms with van der Waals surface area (Å²) in [5.41, 5.74) is 2.84. The van der Waals surface area contributed by atoms with Crippen molar-refractivity contribution in [3.63, 3.8) is 0 Å². The molecule has 1 amide bonds. The minimum absolute atomic E-state index is 0.00285. The zero-order chi connectivity index (χ0) is 24.7. The number of halogens is 1. The predicted octanol–water partition coefficient (Wildman–Crippen LogP) is 6.28. The number of anilines is 1. The van der Waals surface area contributed by atoms with Crippen LogP contribution in [0, 0.1) is 6.92 Å². The average molecular weight is 505 g/mol. The van der Waals surface area contributed by atoms with Crippen LogP contribution in [0.4, 0.5) is 5.13 Å². The van der Waals surface area contributed by atoms with Gasteiger partial charge in [0.2, 0.25) is 0 Å². The van der Waals surface area contributed by atoms with Crippen molar-refractivity contribution in [1.82, 2.24) is 4.98 Å². The summed E-state index contributed by atoms with van der Waals surface area (Å²) in [6, 6.07) is 18.6. The number of aromatic nitrogens is 1. The van der Waals surface area contributed by atoms with E-state index in [1.54, 1.807) is 48.5 Å². The standard InChI is InChI=1S/C27H21ClN2O4S/c1-3-34-19-11-7-17(8-12-19)24(31)22-23(16-5-9-18(28)10-6-16)30(26(33)25(22)32)27-29-20-13-4-15(2)14-21(20)35-27/h4-14,23,31H,3H2,1-2H3. The Morgan fingerprint density at radius 3 is 2.49 bits per heavy atom. The summed E-state index contributed by atoms with van der Waals surface area (Å²) in [6.07, 6.45) is 0. The lowest BCUT2D eigenvalue weighted by Crippen LogP contribution is -2.29. The Labute approximate surface area is 211 Å². The van der Waals surface area contributed by atoms with Gasteiger partial charge in [-0.2, -0.15) is 0 Å². The molecule has 1 saturated heterocycles. The summed E-state index contributed by atoms with van der Waals surface area (Å²) < 4.78 is 6.38. The van der Waals surface area contributed by atoms with E-state index in [0.717, 1.165) is 15.8 Å². The van der Waals surface area contributed by atoms with Crippen molar-refractivity contribution in [2.24, 2.45) is 0 Å². The van der Waals surface area contributed by atoms with Crippen LogP contribution in [-0.4, -0.2) is 28.4 Å². The van der Waals surface area contributed by atoms with Crippen molar-refractivity contribution in [3.05, 3.63) is 94.0 Å². The van der Waals surface area contributed by atoms with Gasteiger partial charge in [-0.15, -0.1) is 0 Å². The summed E-state index contributed by atoms with van der Waals surface area (Å²) in [6.45, 7) is 4.37. The molecule has 1 fully saturated rings. The van der Waals surface area contributed by atoms with Gasteiger partial charge in [0, 0.05) is 10.6 Å². The van der Waals surface area contributed by atoms with E-state index in [2.05, 4.69) is 4.98 Å². The van der Waals surface area contributed by atoms with Gasteiger partial charge in [0.1, 0.15) is 11.5 Å². The number of carbonyl (C=O) groups excluding carboxylic acids is 2. The number of fused-ring (bicyclic) bond motifs is 1. The lowest BCUT2D eigenvalue weighted by Gasteiger charge is -2.23. The van der Waals surface area contributed by atoms with Crippen molar-refractivity contribution >= 4 is 55.7 Å². The van der Waals surface area contributed by atoms with Gasteiger partial charge in [-0.3, -0.25) is 14.5 Å². The molecule has 4 aromatic rings. The number of thiazole rings is 1. The zero-order valence-electron chi connectivity index (χ0n) is 19.0. The first-order valence-corrected chi connectivity index (χ1v) is 12.2. The van der Waals surface area contributed by atoms with Crippen molar-refractivity contribution < 1.29 is 19.4 Å². The Bertz CT molecular complexity index is 1480. The molecule has 0 saturated carbocycles. The monoisotopic (exact) mass is 504 g/mol. The van der Waals surface area contributed by atoms with Gasteiger partial charge >= 0.3 is 5.91 Å². The Balaban J connectivity index is 1.68. The fraction of sp³-hybridized carbons (Fsp3) is 0.148. The fourth-order valence-electron chi connectivity index (χ4n) is 4.14. The minimum Gasteiger partial charge on any atom is -0.507 e. The molecule has 5 rings (SSSR count). The molecule has 1 aromatic heterocycles. The molecular weight excluding hydrogens is 484 g/mol. The number of rotatable bonds is 5. The number of aliphatic hydroxyl groups is 1. The normalized spacial score (nSPS) is 17.3. The van der Waals surface area contributed by atoms with E-state index in [1.807, 2.05) is 32.0 Å². The largest absolute Gasteiger partial charge is 0.507 e. The molecule has 1 aliphatic rings. The maximum Gasteiger partial charge on any atom is 0.301 e. The Morgan fingerprint density at radius 2 is 1.80 bits per heavy atom.